The van der Waals surface area contributed by atoms with Crippen LogP contribution in [0.3, 0.4) is 0 Å². The van der Waals surface area contributed by atoms with Crippen LogP contribution in [0.15, 0.2) is 30.4 Å². The molecule has 1 aromatic carbocycles. The van der Waals surface area contributed by atoms with Gasteiger partial charge in [-0.2, -0.15) is 0 Å². The van der Waals surface area contributed by atoms with Gasteiger partial charge in [0.15, 0.2) is 11.5 Å². The summed E-state index contributed by atoms with van der Waals surface area (Å²) in [5, 5.41) is 9.99. The van der Waals surface area contributed by atoms with Crippen LogP contribution < -0.4 is 9.47 Å². The highest BCUT2D eigenvalue weighted by Gasteiger charge is 2.48. The highest BCUT2D eigenvalue weighted by molar-refractivity contribution is 5.48. The summed E-state index contributed by atoms with van der Waals surface area (Å²) in [6.07, 6.45) is 5.64. The molecule has 0 saturated carbocycles. The number of methoxy groups -OCH3 is 1. The third-order valence-corrected chi connectivity index (χ3v) is 5.09. The lowest BCUT2D eigenvalue weighted by Crippen LogP contribution is -2.44. The zero-order valence-corrected chi connectivity index (χ0v) is 13.6. The number of hydrogen-bond donors (Lipinski definition) is 1. The van der Waals surface area contributed by atoms with E-state index < -0.39 is 0 Å². The molecule has 0 unspecified atom stereocenters. The first-order valence-corrected chi connectivity index (χ1v) is 7.99. The number of likely N-dealkylation sites (tertiary alicyclic amines) is 1. The van der Waals surface area contributed by atoms with Crippen LogP contribution in [-0.2, 0) is 5.41 Å². The lowest BCUT2D eigenvalue weighted by atomic mass is 9.69. The summed E-state index contributed by atoms with van der Waals surface area (Å²) in [6.45, 7) is 3.63. The van der Waals surface area contributed by atoms with E-state index in [2.05, 4.69) is 30.2 Å². The van der Waals surface area contributed by atoms with Crippen molar-refractivity contribution in [2.75, 3.05) is 27.3 Å². The molecule has 0 spiro atoms. The van der Waals surface area contributed by atoms with Crippen molar-refractivity contribution in [3.8, 4) is 11.5 Å². The van der Waals surface area contributed by atoms with E-state index >= 15 is 0 Å². The Bertz CT molecular complexity index is 571. The van der Waals surface area contributed by atoms with Gasteiger partial charge in [0.25, 0.3) is 0 Å². The predicted octanol–water partition coefficient (Wildman–Crippen LogP) is 2.36. The van der Waals surface area contributed by atoms with E-state index in [1.165, 1.54) is 5.56 Å². The van der Waals surface area contributed by atoms with Gasteiger partial charge in [-0.15, -0.1) is 0 Å². The van der Waals surface area contributed by atoms with Crippen LogP contribution in [0, 0.1) is 0 Å². The summed E-state index contributed by atoms with van der Waals surface area (Å²) < 4.78 is 11.1. The Hall–Kier alpha value is -1.52. The standard InChI is InChI=1S/C18H25NO3/c1-4-22-15-6-5-13(11-16(15)21-3)18-8-7-14(20)12-17(18)19(2)10-9-18/h5-8,11,14,17,20H,4,9-10,12H2,1-3H3/t14-,17+,18+/m1/s1. The van der Waals surface area contributed by atoms with Crippen molar-refractivity contribution in [2.45, 2.75) is 37.3 Å². The van der Waals surface area contributed by atoms with Gasteiger partial charge in [-0.25, -0.2) is 0 Å². The number of nitrogens with zero attached hydrogens (tertiary/aromatic N) is 1. The van der Waals surface area contributed by atoms with E-state index in [0.717, 1.165) is 30.9 Å². The van der Waals surface area contributed by atoms with Crippen molar-refractivity contribution < 1.29 is 14.6 Å². The van der Waals surface area contributed by atoms with Crippen LogP contribution in [0.2, 0.25) is 0 Å². The molecule has 1 N–H and O–H groups in total. The lowest BCUT2D eigenvalue weighted by molar-refractivity contribution is 0.137. The highest BCUT2D eigenvalue weighted by Crippen LogP contribution is 2.47. The van der Waals surface area contributed by atoms with E-state index in [4.69, 9.17) is 9.47 Å². The second-order valence-corrected chi connectivity index (χ2v) is 6.25. The second-order valence-electron chi connectivity index (χ2n) is 6.25. The predicted molar refractivity (Wildman–Crippen MR) is 86.6 cm³/mol. The summed E-state index contributed by atoms with van der Waals surface area (Å²) in [5.41, 5.74) is 1.21. The quantitative estimate of drug-likeness (QED) is 0.867. The van der Waals surface area contributed by atoms with E-state index in [1.54, 1.807) is 7.11 Å². The van der Waals surface area contributed by atoms with E-state index in [9.17, 15) is 5.11 Å². The maximum Gasteiger partial charge on any atom is 0.161 e. The highest BCUT2D eigenvalue weighted by atomic mass is 16.5. The maximum absolute atomic E-state index is 9.99. The Kier molecular flexibility index (Phi) is 4.15. The van der Waals surface area contributed by atoms with Gasteiger partial charge in [-0.05, 0) is 51.1 Å². The largest absolute Gasteiger partial charge is 0.493 e. The van der Waals surface area contributed by atoms with Gasteiger partial charge in [0.2, 0.25) is 0 Å². The zero-order valence-electron chi connectivity index (χ0n) is 13.6. The van der Waals surface area contributed by atoms with Gasteiger partial charge >= 0.3 is 0 Å². The number of aliphatic hydroxyl groups excluding tert-OH is 1. The van der Waals surface area contributed by atoms with Gasteiger partial charge in [0.05, 0.1) is 19.8 Å². The average molecular weight is 303 g/mol. The third kappa shape index (κ3) is 2.40. The molecule has 1 aliphatic heterocycles. The molecule has 4 nitrogen and oxygen atoms in total. The number of fused-ring (bicyclic) bond motifs is 1. The lowest BCUT2D eigenvalue weighted by Gasteiger charge is -2.39. The number of benzene rings is 1. The van der Waals surface area contributed by atoms with Gasteiger partial charge < -0.3 is 19.5 Å². The van der Waals surface area contributed by atoms with Crippen molar-refractivity contribution in [3.63, 3.8) is 0 Å². The van der Waals surface area contributed by atoms with Crippen molar-refractivity contribution in [3.05, 3.63) is 35.9 Å². The van der Waals surface area contributed by atoms with Crippen LogP contribution >= 0.6 is 0 Å². The molecule has 0 bridgehead atoms. The van der Waals surface area contributed by atoms with Gasteiger partial charge in [0.1, 0.15) is 0 Å². The van der Waals surface area contributed by atoms with Crippen LogP contribution in [-0.4, -0.2) is 49.5 Å². The molecule has 120 valence electrons. The molecule has 22 heavy (non-hydrogen) atoms. The summed E-state index contributed by atoms with van der Waals surface area (Å²) in [5.74, 6) is 1.56. The fourth-order valence-corrected chi connectivity index (χ4v) is 3.92. The summed E-state index contributed by atoms with van der Waals surface area (Å²) in [7, 11) is 3.82. The number of ether oxygens (including phenoxy) is 2. The summed E-state index contributed by atoms with van der Waals surface area (Å²) >= 11 is 0. The average Bonchev–Trinajstić information content (AvgIpc) is 2.86. The Morgan fingerprint density at radius 1 is 1.36 bits per heavy atom. The Labute approximate surface area is 132 Å². The third-order valence-electron chi connectivity index (χ3n) is 5.09. The van der Waals surface area contributed by atoms with E-state index in [-0.39, 0.29) is 11.5 Å². The second kappa shape index (κ2) is 5.94. The molecule has 3 atom stereocenters. The SMILES string of the molecule is CCOc1ccc([C@@]23C=C[C@@H](O)C[C@@H]2N(C)CC3)cc1OC. The minimum Gasteiger partial charge on any atom is -0.493 e. The Balaban J connectivity index is 2.03. The minimum absolute atomic E-state index is 0.0357. The first kappa shape index (κ1) is 15.4. The molecule has 1 fully saturated rings. The molecule has 1 saturated heterocycles. The number of rotatable bonds is 4. The maximum atomic E-state index is 9.99. The Morgan fingerprint density at radius 2 is 2.18 bits per heavy atom. The number of hydrogen-bond acceptors (Lipinski definition) is 4. The number of likely N-dealkylation sites (N-methyl/N-ethyl adjacent to an activating group) is 1. The fraction of sp³-hybridized carbons (Fsp3) is 0.556. The molecular weight excluding hydrogens is 278 g/mol. The minimum atomic E-state index is -0.344. The summed E-state index contributed by atoms with van der Waals surface area (Å²) in [6, 6.07) is 6.57. The van der Waals surface area contributed by atoms with E-state index in [0.29, 0.717) is 12.6 Å². The van der Waals surface area contributed by atoms with Crippen molar-refractivity contribution in [1.82, 2.24) is 4.90 Å². The van der Waals surface area contributed by atoms with Crippen LogP contribution in [0.5, 0.6) is 11.5 Å². The van der Waals surface area contributed by atoms with Crippen LogP contribution in [0.4, 0.5) is 0 Å². The molecule has 3 rings (SSSR count). The normalized spacial score (nSPS) is 31.1. The molecule has 2 aliphatic rings. The van der Waals surface area contributed by atoms with Gasteiger partial charge in [0, 0.05) is 11.5 Å². The van der Waals surface area contributed by atoms with Crippen LogP contribution in [0.1, 0.15) is 25.3 Å². The molecule has 1 aromatic rings. The molecular formula is C18H25NO3. The molecule has 1 aliphatic carbocycles. The molecule has 0 radical (unpaired) electrons. The van der Waals surface area contributed by atoms with Crippen molar-refractivity contribution >= 4 is 0 Å². The van der Waals surface area contributed by atoms with Crippen molar-refractivity contribution in [1.29, 1.82) is 0 Å². The molecule has 1 heterocycles. The van der Waals surface area contributed by atoms with Crippen LogP contribution in [0.25, 0.3) is 0 Å². The Morgan fingerprint density at radius 3 is 2.91 bits per heavy atom. The molecule has 0 aromatic heterocycles. The van der Waals surface area contributed by atoms with E-state index in [1.807, 2.05) is 19.1 Å². The number of aliphatic hydroxyl groups is 1. The smallest absolute Gasteiger partial charge is 0.161 e. The fourth-order valence-electron chi connectivity index (χ4n) is 3.92. The van der Waals surface area contributed by atoms with Crippen molar-refractivity contribution in [2.24, 2.45) is 0 Å². The first-order valence-electron chi connectivity index (χ1n) is 7.99. The first-order chi connectivity index (χ1) is 10.6. The van der Waals surface area contributed by atoms with Gasteiger partial charge in [-0.1, -0.05) is 18.2 Å². The molecule has 4 heteroatoms. The molecule has 0 amide bonds. The van der Waals surface area contributed by atoms with Gasteiger partial charge in [-0.3, -0.25) is 0 Å². The zero-order chi connectivity index (χ0) is 15.7. The summed E-state index contributed by atoms with van der Waals surface area (Å²) in [4.78, 5) is 2.36. The monoisotopic (exact) mass is 303 g/mol. The topological polar surface area (TPSA) is 41.9 Å².